The molecule has 0 fully saturated rings. The summed E-state index contributed by atoms with van der Waals surface area (Å²) in [5.74, 6) is 0.226. The first kappa shape index (κ1) is 27.7. The molecule has 0 saturated carbocycles. The monoisotopic (exact) mass is 524 g/mol. The normalized spacial score (nSPS) is 12.3. The zero-order valence-corrected chi connectivity index (χ0v) is 22.0. The van der Waals surface area contributed by atoms with Gasteiger partial charge in [-0.1, -0.05) is 25.4 Å². The first-order chi connectivity index (χ1) is 17.8. The molecular formula is C27H29ClN4O5. The average Bonchev–Trinajstić information content (AvgIpc) is 3.35. The van der Waals surface area contributed by atoms with Crippen molar-refractivity contribution in [2.24, 2.45) is 0 Å². The van der Waals surface area contributed by atoms with Gasteiger partial charge in [0, 0.05) is 24.1 Å². The quantitative estimate of drug-likeness (QED) is 0.231. The highest BCUT2D eigenvalue weighted by molar-refractivity contribution is 6.32. The van der Waals surface area contributed by atoms with Crippen LogP contribution in [0.2, 0.25) is 5.02 Å². The maximum Gasteiger partial charge on any atom is 0.311 e. The lowest BCUT2D eigenvalue weighted by Gasteiger charge is -2.24. The van der Waals surface area contributed by atoms with E-state index >= 15 is 0 Å². The molecule has 2 atom stereocenters. The largest absolute Gasteiger partial charge is 0.460 e. The number of hydrogen-bond donors (Lipinski definition) is 1. The summed E-state index contributed by atoms with van der Waals surface area (Å²) in [7, 11) is 0. The van der Waals surface area contributed by atoms with Gasteiger partial charge in [0.05, 0.1) is 10.6 Å². The third kappa shape index (κ3) is 7.08. The smallest absolute Gasteiger partial charge is 0.311 e. The predicted octanol–water partition coefficient (Wildman–Crippen LogP) is 6.16. The van der Waals surface area contributed by atoms with Gasteiger partial charge in [0.15, 0.2) is 0 Å². The van der Waals surface area contributed by atoms with E-state index in [2.05, 4.69) is 21.6 Å². The summed E-state index contributed by atoms with van der Waals surface area (Å²) < 4.78 is 16.9. The van der Waals surface area contributed by atoms with E-state index in [1.165, 1.54) is 0 Å². The van der Waals surface area contributed by atoms with Gasteiger partial charge in [0.25, 0.3) is 0 Å². The van der Waals surface area contributed by atoms with Crippen LogP contribution in [-0.4, -0.2) is 28.2 Å². The number of esters is 2. The number of halogens is 1. The molecule has 0 aliphatic rings. The lowest BCUT2D eigenvalue weighted by Crippen LogP contribution is -2.28. The molecule has 37 heavy (non-hydrogen) atoms. The number of anilines is 1. The number of rotatable bonds is 11. The second-order valence-corrected chi connectivity index (χ2v) is 8.85. The van der Waals surface area contributed by atoms with Crippen LogP contribution in [0.1, 0.15) is 69.5 Å². The molecule has 3 aromatic rings. The average molecular weight is 525 g/mol. The van der Waals surface area contributed by atoms with Gasteiger partial charge in [0.1, 0.15) is 24.0 Å². The molecule has 2 unspecified atom stereocenters. The Morgan fingerprint density at radius 1 is 1.08 bits per heavy atom. The third-order valence-electron chi connectivity index (χ3n) is 5.55. The van der Waals surface area contributed by atoms with Gasteiger partial charge in [0.2, 0.25) is 11.8 Å². The third-order valence-corrected chi connectivity index (χ3v) is 6.04. The highest BCUT2D eigenvalue weighted by atomic mass is 35.5. The Balaban J connectivity index is 1.88. The van der Waals surface area contributed by atoms with E-state index in [1.807, 2.05) is 13.8 Å². The lowest BCUT2D eigenvalue weighted by atomic mass is 10.1. The van der Waals surface area contributed by atoms with Gasteiger partial charge in [-0.25, -0.2) is 0 Å². The molecule has 1 heterocycles. The summed E-state index contributed by atoms with van der Waals surface area (Å²) in [5.41, 5.74) is 2.27. The van der Waals surface area contributed by atoms with Gasteiger partial charge < -0.3 is 19.2 Å². The van der Waals surface area contributed by atoms with Crippen LogP contribution in [-0.2, 0) is 14.3 Å². The number of hydrogen-bond acceptors (Lipinski definition) is 9. The summed E-state index contributed by atoms with van der Waals surface area (Å²) in [4.78, 5) is 23.9. The number of nitrogens with zero attached hydrogens (tertiary/aromatic N) is 3. The Hall–Kier alpha value is -3.90. The first-order valence-corrected chi connectivity index (χ1v) is 12.4. The van der Waals surface area contributed by atoms with Crippen molar-refractivity contribution >= 4 is 29.2 Å². The Morgan fingerprint density at radius 3 is 2.41 bits per heavy atom. The molecule has 0 radical (unpaired) electrons. The molecule has 0 aliphatic carbocycles. The Morgan fingerprint density at radius 2 is 1.76 bits per heavy atom. The van der Waals surface area contributed by atoms with Crippen molar-refractivity contribution in [2.75, 3.05) is 5.32 Å². The van der Waals surface area contributed by atoms with Crippen LogP contribution in [0.25, 0.3) is 11.5 Å². The van der Waals surface area contributed by atoms with E-state index in [9.17, 15) is 14.9 Å². The molecule has 9 nitrogen and oxygen atoms in total. The molecule has 10 heteroatoms. The van der Waals surface area contributed by atoms with E-state index in [4.69, 9.17) is 25.5 Å². The van der Waals surface area contributed by atoms with Crippen LogP contribution in [0.15, 0.2) is 40.8 Å². The molecule has 0 amide bonds. The number of nitrogens with one attached hydrogen (secondary N) is 1. The summed E-state index contributed by atoms with van der Waals surface area (Å²) in [6, 6.07) is 11.4. The van der Waals surface area contributed by atoms with Crippen molar-refractivity contribution < 1.29 is 23.5 Å². The van der Waals surface area contributed by atoms with E-state index < -0.39 is 12.1 Å². The van der Waals surface area contributed by atoms with Crippen molar-refractivity contribution in [3.8, 4) is 23.3 Å². The van der Waals surface area contributed by atoms with E-state index in [0.29, 0.717) is 52.4 Å². The number of nitriles is 1. The van der Waals surface area contributed by atoms with Gasteiger partial charge in [-0.2, -0.15) is 5.26 Å². The number of carbonyl (C=O) groups is 2. The second kappa shape index (κ2) is 12.9. The minimum atomic E-state index is -0.695. The fourth-order valence-corrected chi connectivity index (χ4v) is 3.75. The molecule has 0 saturated heterocycles. The Bertz CT molecular complexity index is 1280. The summed E-state index contributed by atoms with van der Waals surface area (Å²) in [6.07, 6.45) is 1.32. The van der Waals surface area contributed by atoms with E-state index in [0.717, 1.165) is 0 Å². The molecule has 1 aromatic heterocycles. The fourth-order valence-electron chi connectivity index (χ4n) is 3.54. The fraction of sp³-hybridized carbons (Fsp3) is 0.370. The van der Waals surface area contributed by atoms with Gasteiger partial charge in [-0.15, -0.1) is 10.2 Å². The highest BCUT2D eigenvalue weighted by Crippen LogP contribution is 2.32. The Labute approximate surface area is 220 Å². The van der Waals surface area contributed by atoms with Crippen LogP contribution in [0.4, 0.5) is 5.69 Å². The summed E-state index contributed by atoms with van der Waals surface area (Å²) in [6.45, 7) is 7.31. The molecule has 1 N–H and O–H groups in total. The summed E-state index contributed by atoms with van der Waals surface area (Å²) >= 11 is 6.35. The van der Waals surface area contributed by atoms with E-state index in [1.54, 1.807) is 50.2 Å². The van der Waals surface area contributed by atoms with Crippen LogP contribution in [0.5, 0.6) is 5.75 Å². The second-order valence-electron chi connectivity index (χ2n) is 8.47. The predicted molar refractivity (Wildman–Crippen MR) is 138 cm³/mol. The number of aromatic nitrogens is 2. The minimum Gasteiger partial charge on any atom is -0.460 e. The van der Waals surface area contributed by atoms with Crippen molar-refractivity contribution in [3.05, 3.63) is 58.4 Å². The lowest BCUT2D eigenvalue weighted by molar-refractivity contribution is -0.149. The number of benzene rings is 2. The SMILES string of the molecule is CCCC(=O)Oc1ccc(-c2nnc(C(Nc3ccc(C#N)c(Cl)c3C)C(C)OC(=O)CCC)o2)cc1. The Kier molecular flexibility index (Phi) is 9.64. The number of ether oxygens (including phenoxy) is 2. The highest BCUT2D eigenvalue weighted by Gasteiger charge is 2.29. The van der Waals surface area contributed by atoms with Crippen LogP contribution < -0.4 is 10.1 Å². The maximum atomic E-state index is 12.2. The molecular weight excluding hydrogens is 496 g/mol. The molecule has 194 valence electrons. The van der Waals surface area contributed by atoms with Crippen molar-refractivity contribution in [2.45, 2.75) is 65.5 Å². The number of carbonyl (C=O) groups excluding carboxylic acids is 2. The van der Waals surface area contributed by atoms with E-state index in [-0.39, 0.29) is 30.1 Å². The maximum absolute atomic E-state index is 12.2. The van der Waals surface area contributed by atoms with Gasteiger partial charge in [-0.3, -0.25) is 9.59 Å². The van der Waals surface area contributed by atoms with Crippen LogP contribution in [0.3, 0.4) is 0 Å². The molecule has 2 aromatic carbocycles. The van der Waals surface area contributed by atoms with Crippen molar-refractivity contribution in [1.29, 1.82) is 5.26 Å². The molecule has 0 bridgehead atoms. The zero-order valence-electron chi connectivity index (χ0n) is 21.2. The zero-order chi connectivity index (χ0) is 26.9. The molecule has 0 aliphatic heterocycles. The molecule has 0 spiro atoms. The minimum absolute atomic E-state index is 0.199. The molecule has 3 rings (SSSR count). The topological polar surface area (TPSA) is 127 Å². The van der Waals surface area contributed by atoms with Crippen molar-refractivity contribution in [1.82, 2.24) is 10.2 Å². The van der Waals surface area contributed by atoms with Gasteiger partial charge >= 0.3 is 11.9 Å². The first-order valence-electron chi connectivity index (χ1n) is 12.1. The van der Waals surface area contributed by atoms with Crippen LogP contribution in [0, 0.1) is 18.3 Å². The van der Waals surface area contributed by atoms with Gasteiger partial charge in [-0.05, 0) is 68.7 Å². The standard InChI is InChI=1S/C27H29ClN4O5/c1-5-7-22(33)35-17(4)25(30-21-14-11-19(15-29)24(28)16(21)3)27-32-31-26(37-27)18-9-12-20(13-10-18)36-23(34)8-6-2/h9-14,17,25,30H,5-8H2,1-4H3. The van der Waals surface area contributed by atoms with Crippen LogP contribution >= 0.6 is 11.6 Å². The van der Waals surface area contributed by atoms with Crippen molar-refractivity contribution in [3.63, 3.8) is 0 Å². The summed E-state index contributed by atoms with van der Waals surface area (Å²) in [5, 5.41) is 21.2.